The molecule has 0 radical (unpaired) electrons. The molecule has 0 saturated carbocycles. The average molecular weight is 861 g/mol. The maximum Gasteiger partial charge on any atom is 1.00 e. The predicted molar refractivity (Wildman–Crippen MR) is 181 cm³/mol. The maximum absolute atomic E-state index is 11.8. The third-order valence-electron chi connectivity index (χ3n) is 9.16. The van der Waals surface area contributed by atoms with Crippen LogP contribution in [0.25, 0.3) is 0 Å². The number of anilines is 1. The number of rotatable bonds is 12. The van der Waals surface area contributed by atoms with E-state index in [1.54, 1.807) is 16.7 Å². The van der Waals surface area contributed by atoms with Gasteiger partial charge >= 0.3 is 154 Å². The van der Waals surface area contributed by atoms with Crippen LogP contribution in [0.4, 0.5) is 11.4 Å². The molecule has 0 unspecified atom stereocenters. The molecule has 0 amide bonds. The third-order valence-corrected chi connectivity index (χ3v) is 11.0. The fourth-order valence-electron chi connectivity index (χ4n) is 6.76. The molecular formula is C35H35ClK3N2O10S2+. The summed E-state index contributed by atoms with van der Waals surface area (Å²) in [7, 11) is -3.42. The van der Waals surface area contributed by atoms with E-state index in [9.17, 15) is 32.8 Å². The second-order valence-corrected chi connectivity index (χ2v) is 15.6. The van der Waals surface area contributed by atoms with Gasteiger partial charge in [-0.25, -0.2) is 13.3 Å². The molecule has 12 nitrogen and oxygen atoms in total. The molecule has 0 saturated heterocycles. The zero-order valence-electron chi connectivity index (χ0n) is 31.0. The van der Waals surface area contributed by atoms with Crippen LogP contribution in [0.1, 0.15) is 58.1 Å². The number of fused-ring (bicyclic) bond motifs is 2. The normalized spacial score (nSPS) is 18.8. The number of carboxylic acids is 2. The van der Waals surface area contributed by atoms with Crippen molar-refractivity contribution in [2.45, 2.75) is 67.6 Å². The summed E-state index contributed by atoms with van der Waals surface area (Å²) in [5, 5.41) is 28.6. The molecule has 0 spiro atoms. The van der Waals surface area contributed by atoms with Gasteiger partial charge in [0.1, 0.15) is 16.1 Å². The van der Waals surface area contributed by atoms with Crippen LogP contribution in [0.2, 0.25) is 0 Å². The molecule has 2 aromatic carbocycles. The summed E-state index contributed by atoms with van der Waals surface area (Å²) in [5.74, 6) is -2.57. The second-order valence-electron chi connectivity index (χ2n) is 13.0. The standard InChI is InChI=1S/C35H37ClN2O10S2.3K/c1-34(2)25-17-23(49-48-47-46-5)11-13-27(25)37(19-31(39)40)29(34)15-9-21-7-6-8-22(33(21)36)10-16-30-35(3,4)26-18-24(50(43,44)45)12-14-28(26)38(30)20-32(41)42;;;/h9-18H,6-8,19-20H2,1-5H3,(H2-,39,40,41,42,43,44,45);;;/q;3*+1/p-2. The van der Waals surface area contributed by atoms with Gasteiger partial charge in [-0.1, -0.05) is 42.6 Å². The number of carbonyl (C=O) groups excluding carboxylic acids is 2. The van der Waals surface area contributed by atoms with E-state index in [1.165, 1.54) is 30.2 Å². The Hall–Kier alpha value is 1.15. The van der Waals surface area contributed by atoms with Crippen molar-refractivity contribution in [3.8, 4) is 0 Å². The van der Waals surface area contributed by atoms with Crippen molar-refractivity contribution in [2.24, 2.45) is 0 Å². The second kappa shape index (κ2) is 20.9. The zero-order valence-corrected chi connectivity index (χ0v) is 42.7. The topological polar surface area (TPSA) is 171 Å². The van der Waals surface area contributed by atoms with E-state index in [-0.39, 0.29) is 161 Å². The molecule has 5 rings (SSSR count). The fraction of sp³-hybridized carbons (Fsp3) is 0.343. The fourth-order valence-corrected chi connectivity index (χ4v) is 8.03. The largest absolute Gasteiger partial charge is 1.00 e. The predicted octanol–water partition coefficient (Wildman–Crippen LogP) is -5.16. The van der Waals surface area contributed by atoms with E-state index in [0.29, 0.717) is 40.5 Å². The minimum atomic E-state index is -4.74. The number of carboxylic acid groups (broad SMARTS) is 2. The van der Waals surface area contributed by atoms with E-state index in [0.717, 1.165) is 45.8 Å². The molecule has 1 aliphatic carbocycles. The average Bonchev–Trinajstić information content (AvgIpc) is 3.36. The molecule has 266 valence electrons. The first-order chi connectivity index (χ1) is 23.5. The van der Waals surface area contributed by atoms with Crippen LogP contribution >= 0.6 is 23.6 Å². The number of hydrogen-bond donors (Lipinski definition) is 0. The van der Waals surface area contributed by atoms with Crippen LogP contribution in [0.15, 0.2) is 92.4 Å². The molecule has 3 aliphatic rings. The van der Waals surface area contributed by atoms with Gasteiger partial charge in [0.15, 0.2) is 12.3 Å². The smallest absolute Gasteiger partial charge is 0.744 e. The van der Waals surface area contributed by atoms with Crippen molar-refractivity contribution in [3.63, 3.8) is 0 Å². The van der Waals surface area contributed by atoms with Crippen molar-refractivity contribution in [1.29, 1.82) is 0 Å². The molecule has 0 fully saturated rings. The van der Waals surface area contributed by atoms with E-state index in [2.05, 4.69) is 9.93 Å². The van der Waals surface area contributed by atoms with Gasteiger partial charge in [0.05, 0.1) is 42.0 Å². The van der Waals surface area contributed by atoms with Gasteiger partial charge in [0.25, 0.3) is 0 Å². The molecule has 18 heteroatoms. The van der Waals surface area contributed by atoms with Gasteiger partial charge in [-0.15, -0.1) is 4.33 Å². The number of aliphatic carboxylic acids is 2. The molecular weight excluding hydrogens is 825 g/mol. The minimum Gasteiger partial charge on any atom is -0.744 e. The van der Waals surface area contributed by atoms with Gasteiger partial charge in [-0.3, -0.25) is 0 Å². The van der Waals surface area contributed by atoms with Crippen LogP contribution in [0, 0.1) is 0 Å². The summed E-state index contributed by atoms with van der Waals surface area (Å²) in [6.07, 6.45) is 9.44. The van der Waals surface area contributed by atoms with Gasteiger partial charge in [0, 0.05) is 44.4 Å². The Morgan fingerprint density at radius 2 is 1.66 bits per heavy atom. The van der Waals surface area contributed by atoms with Crippen molar-refractivity contribution in [2.75, 3.05) is 25.1 Å². The number of hydrogen-bond acceptors (Lipinski definition) is 12. The Morgan fingerprint density at radius 3 is 2.28 bits per heavy atom. The number of carbonyl (C=O) groups is 2. The summed E-state index contributed by atoms with van der Waals surface area (Å²) in [6.45, 7) is 6.77. The van der Waals surface area contributed by atoms with Crippen LogP contribution in [0.3, 0.4) is 0 Å². The molecule has 2 aliphatic heterocycles. The molecule has 2 aromatic rings. The first kappa shape index (κ1) is 50.3. The summed E-state index contributed by atoms with van der Waals surface area (Å²) in [6, 6.07) is 9.38. The Morgan fingerprint density at radius 1 is 0.962 bits per heavy atom. The molecule has 0 aromatic heterocycles. The summed E-state index contributed by atoms with van der Waals surface area (Å²) in [4.78, 5) is 29.9. The van der Waals surface area contributed by atoms with Crippen LogP contribution in [-0.2, 0) is 44.8 Å². The molecule has 0 N–H and O–H groups in total. The maximum atomic E-state index is 11.8. The molecule has 0 bridgehead atoms. The molecule has 0 atom stereocenters. The van der Waals surface area contributed by atoms with Crippen LogP contribution < -0.4 is 169 Å². The number of allylic oxidation sites excluding steroid dienone is 8. The first-order valence-corrected chi connectivity index (χ1v) is 18.1. The monoisotopic (exact) mass is 859 g/mol. The van der Waals surface area contributed by atoms with Crippen LogP contribution in [0.5, 0.6) is 0 Å². The number of nitrogens with zero attached hydrogens (tertiary/aromatic N) is 2. The van der Waals surface area contributed by atoms with Crippen molar-refractivity contribution >= 4 is 62.8 Å². The quantitative estimate of drug-likeness (QED) is 0.0379. The van der Waals surface area contributed by atoms with Crippen molar-refractivity contribution in [1.82, 2.24) is 0 Å². The van der Waals surface area contributed by atoms with E-state index < -0.39 is 44.3 Å². The summed E-state index contributed by atoms with van der Waals surface area (Å²) >= 11 is 7.93. The SMILES string of the molecule is COOOSc1ccc2c(c1)C(C)(C)C(/C=C/C1=C(Cl)C(=C/C=C3/N(CC(=O)[O-])c4ccc(S(=O)(=O)[O-])cc4C3(C)C)/CCC1)=[N+]2CC(=O)[O-].[K+].[K+].[K+]. The van der Waals surface area contributed by atoms with Crippen molar-refractivity contribution in [3.05, 3.63) is 93.7 Å². The first-order valence-electron chi connectivity index (χ1n) is 15.6. The van der Waals surface area contributed by atoms with Gasteiger partial charge < -0.3 is 29.3 Å². The van der Waals surface area contributed by atoms with Gasteiger partial charge in [-0.2, -0.15) is 4.58 Å². The van der Waals surface area contributed by atoms with Crippen molar-refractivity contribution < 1.29 is 206 Å². The Kier molecular flexibility index (Phi) is 19.8. The minimum absolute atomic E-state index is 0. The summed E-state index contributed by atoms with van der Waals surface area (Å²) < 4.78 is 42.0. The third kappa shape index (κ3) is 11.5. The zero-order chi connectivity index (χ0) is 36.6. The number of benzene rings is 2. The van der Waals surface area contributed by atoms with E-state index >= 15 is 0 Å². The summed E-state index contributed by atoms with van der Waals surface area (Å²) in [5.41, 5.74) is 4.01. The Bertz CT molecular complexity index is 2030. The Labute approximate surface area is 446 Å². The van der Waals surface area contributed by atoms with E-state index in [4.69, 9.17) is 15.9 Å². The van der Waals surface area contributed by atoms with Gasteiger partial charge in [-0.05, 0) is 86.2 Å². The molecule has 53 heavy (non-hydrogen) atoms. The van der Waals surface area contributed by atoms with E-state index in [1.807, 2.05) is 58.1 Å². The Balaban J connectivity index is 0.00000324. The molecule has 2 heterocycles. The van der Waals surface area contributed by atoms with Crippen LogP contribution in [-0.4, -0.2) is 55.4 Å². The van der Waals surface area contributed by atoms with Gasteiger partial charge in [0.2, 0.25) is 5.69 Å². The number of halogens is 1.